The molecule has 0 aliphatic carbocycles. The van der Waals surface area contributed by atoms with Crippen LogP contribution in [0.1, 0.15) is 51.9 Å². The average molecular weight is 458 g/mol. The number of amides is 2. The van der Waals surface area contributed by atoms with Crippen molar-refractivity contribution < 1.29 is 38.1 Å². The lowest BCUT2D eigenvalue weighted by Gasteiger charge is -2.13. The molecule has 184 valence electrons. The zero-order valence-corrected chi connectivity index (χ0v) is 19.4. The minimum absolute atomic E-state index is 0.156. The number of hydrogen-bond donors (Lipinski definition) is 0. The summed E-state index contributed by atoms with van der Waals surface area (Å²) in [5.41, 5.74) is 0. The van der Waals surface area contributed by atoms with Crippen LogP contribution in [0.5, 0.6) is 0 Å². The van der Waals surface area contributed by atoms with Crippen LogP contribution in [0, 0.1) is 0 Å². The number of hydrogen-bond acceptors (Lipinski definition) is 8. The molecule has 0 bridgehead atoms. The summed E-state index contributed by atoms with van der Waals surface area (Å²) in [6.45, 7) is 5.89. The van der Waals surface area contributed by atoms with Crippen LogP contribution in [0.15, 0.2) is 12.2 Å². The first kappa shape index (κ1) is 28.2. The van der Waals surface area contributed by atoms with Crippen LogP contribution in [0.25, 0.3) is 0 Å². The lowest BCUT2D eigenvalue weighted by molar-refractivity contribution is -0.145. The maximum absolute atomic E-state index is 11.6. The SMILES string of the molecule is CCCCCCCCC(=O)OCCOCCOCCOCCOCCN1C(=O)C=CC1=O. The topological polar surface area (TPSA) is 101 Å². The maximum atomic E-state index is 11.6. The molecule has 0 fully saturated rings. The summed E-state index contributed by atoms with van der Waals surface area (Å²) >= 11 is 0. The molecule has 1 heterocycles. The third-order valence-corrected chi connectivity index (χ3v) is 4.70. The molecule has 0 radical (unpaired) electrons. The van der Waals surface area contributed by atoms with E-state index in [2.05, 4.69) is 6.92 Å². The highest BCUT2D eigenvalue weighted by molar-refractivity contribution is 6.12. The molecule has 32 heavy (non-hydrogen) atoms. The Hall–Kier alpha value is -1.81. The fourth-order valence-electron chi connectivity index (χ4n) is 2.91. The van der Waals surface area contributed by atoms with Crippen LogP contribution < -0.4 is 0 Å². The van der Waals surface area contributed by atoms with Gasteiger partial charge < -0.3 is 23.7 Å². The molecule has 0 aromatic heterocycles. The van der Waals surface area contributed by atoms with Crippen molar-refractivity contribution >= 4 is 17.8 Å². The highest BCUT2D eigenvalue weighted by Crippen LogP contribution is 2.07. The largest absolute Gasteiger partial charge is 0.463 e. The molecule has 0 saturated heterocycles. The van der Waals surface area contributed by atoms with Crippen molar-refractivity contribution in [3.63, 3.8) is 0 Å². The second-order valence-corrected chi connectivity index (χ2v) is 7.35. The minimum Gasteiger partial charge on any atom is -0.463 e. The van der Waals surface area contributed by atoms with Crippen LogP contribution in [0.4, 0.5) is 0 Å². The second kappa shape index (κ2) is 19.8. The van der Waals surface area contributed by atoms with Gasteiger partial charge in [-0.2, -0.15) is 0 Å². The van der Waals surface area contributed by atoms with E-state index in [1.54, 1.807) is 0 Å². The first-order chi connectivity index (χ1) is 15.6. The molecular weight excluding hydrogens is 418 g/mol. The van der Waals surface area contributed by atoms with E-state index in [1.165, 1.54) is 37.8 Å². The number of rotatable bonds is 22. The maximum Gasteiger partial charge on any atom is 0.305 e. The van der Waals surface area contributed by atoms with E-state index in [9.17, 15) is 14.4 Å². The number of carbonyl (C=O) groups is 3. The van der Waals surface area contributed by atoms with Crippen molar-refractivity contribution in [2.24, 2.45) is 0 Å². The zero-order chi connectivity index (χ0) is 23.3. The smallest absolute Gasteiger partial charge is 0.305 e. The Kier molecular flexibility index (Phi) is 17.5. The van der Waals surface area contributed by atoms with Gasteiger partial charge in [-0.05, 0) is 6.42 Å². The number of carbonyl (C=O) groups excluding carboxylic acids is 3. The Labute approximate surface area is 191 Å². The van der Waals surface area contributed by atoms with E-state index >= 15 is 0 Å². The molecule has 0 spiro atoms. The Morgan fingerprint density at radius 1 is 0.688 bits per heavy atom. The van der Waals surface area contributed by atoms with Crippen molar-refractivity contribution in [2.45, 2.75) is 51.9 Å². The van der Waals surface area contributed by atoms with Crippen molar-refractivity contribution in [2.75, 3.05) is 66.0 Å². The molecule has 1 aliphatic rings. The van der Waals surface area contributed by atoms with E-state index in [-0.39, 0.29) is 37.5 Å². The molecule has 9 heteroatoms. The monoisotopic (exact) mass is 457 g/mol. The van der Waals surface area contributed by atoms with Crippen molar-refractivity contribution in [1.82, 2.24) is 4.90 Å². The number of nitrogens with zero attached hydrogens (tertiary/aromatic N) is 1. The van der Waals surface area contributed by atoms with Gasteiger partial charge in [0.25, 0.3) is 11.8 Å². The van der Waals surface area contributed by atoms with Gasteiger partial charge >= 0.3 is 5.97 Å². The molecule has 9 nitrogen and oxygen atoms in total. The first-order valence-corrected chi connectivity index (χ1v) is 11.6. The molecule has 0 aromatic carbocycles. The van der Waals surface area contributed by atoms with E-state index in [1.807, 2.05) is 0 Å². The summed E-state index contributed by atoms with van der Waals surface area (Å²) in [7, 11) is 0. The Balaban J connectivity index is 1.73. The third-order valence-electron chi connectivity index (χ3n) is 4.70. The number of esters is 1. The van der Waals surface area contributed by atoms with Crippen molar-refractivity contribution in [1.29, 1.82) is 0 Å². The Morgan fingerprint density at radius 2 is 1.16 bits per heavy atom. The molecule has 1 rings (SSSR count). The number of unbranched alkanes of at least 4 members (excludes halogenated alkanes) is 5. The lowest BCUT2D eigenvalue weighted by atomic mass is 10.1. The van der Waals surface area contributed by atoms with Gasteiger partial charge in [0, 0.05) is 18.6 Å². The average Bonchev–Trinajstić information content (AvgIpc) is 3.10. The summed E-state index contributed by atoms with van der Waals surface area (Å²) < 4.78 is 26.6. The van der Waals surface area contributed by atoms with Gasteiger partial charge in [-0.3, -0.25) is 19.3 Å². The van der Waals surface area contributed by atoms with Crippen molar-refractivity contribution in [3.8, 4) is 0 Å². The summed E-state index contributed by atoms with van der Waals surface area (Å²) in [5.74, 6) is -0.766. The van der Waals surface area contributed by atoms with Gasteiger partial charge in [0.05, 0.1) is 59.4 Å². The van der Waals surface area contributed by atoms with E-state index < -0.39 is 0 Å². The Bertz CT molecular complexity index is 534. The van der Waals surface area contributed by atoms with Gasteiger partial charge in [0.15, 0.2) is 0 Å². The van der Waals surface area contributed by atoms with Crippen LogP contribution in [0.3, 0.4) is 0 Å². The predicted octanol–water partition coefficient (Wildman–Crippen LogP) is 2.27. The van der Waals surface area contributed by atoms with Crippen LogP contribution >= 0.6 is 0 Å². The number of imide groups is 1. The predicted molar refractivity (Wildman–Crippen MR) is 118 cm³/mol. The van der Waals surface area contributed by atoms with E-state index in [0.29, 0.717) is 52.7 Å². The van der Waals surface area contributed by atoms with Crippen LogP contribution in [-0.4, -0.2) is 88.7 Å². The third kappa shape index (κ3) is 15.1. The highest BCUT2D eigenvalue weighted by atomic mass is 16.6. The van der Waals surface area contributed by atoms with Gasteiger partial charge in [-0.1, -0.05) is 39.0 Å². The van der Waals surface area contributed by atoms with Crippen molar-refractivity contribution in [3.05, 3.63) is 12.2 Å². The van der Waals surface area contributed by atoms with E-state index in [4.69, 9.17) is 23.7 Å². The fourth-order valence-corrected chi connectivity index (χ4v) is 2.91. The van der Waals surface area contributed by atoms with Gasteiger partial charge in [0.1, 0.15) is 6.61 Å². The molecule has 0 aromatic rings. The lowest BCUT2D eigenvalue weighted by Crippen LogP contribution is -2.33. The molecule has 0 atom stereocenters. The van der Waals surface area contributed by atoms with Gasteiger partial charge in [0.2, 0.25) is 0 Å². The zero-order valence-electron chi connectivity index (χ0n) is 19.4. The highest BCUT2D eigenvalue weighted by Gasteiger charge is 2.22. The molecule has 0 N–H and O–H groups in total. The summed E-state index contributed by atoms with van der Waals surface area (Å²) in [6, 6.07) is 0. The Morgan fingerprint density at radius 3 is 1.72 bits per heavy atom. The van der Waals surface area contributed by atoms with Crippen LogP contribution in [0.2, 0.25) is 0 Å². The molecule has 2 amide bonds. The summed E-state index contributed by atoms with van der Waals surface area (Å²) in [4.78, 5) is 35.4. The standard InChI is InChI=1S/C23H39NO8/c1-2-3-4-5-6-7-8-23(27)32-20-19-31-18-17-30-16-15-29-14-13-28-12-11-24-21(25)9-10-22(24)26/h9-10H,2-8,11-20H2,1H3. The fraction of sp³-hybridized carbons (Fsp3) is 0.783. The normalized spacial score (nSPS) is 13.3. The molecular formula is C23H39NO8. The quantitative estimate of drug-likeness (QED) is 0.139. The minimum atomic E-state index is -0.305. The van der Waals surface area contributed by atoms with Gasteiger partial charge in [-0.25, -0.2) is 0 Å². The first-order valence-electron chi connectivity index (χ1n) is 11.6. The second-order valence-electron chi connectivity index (χ2n) is 7.35. The summed E-state index contributed by atoms with van der Waals surface area (Å²) in [6.07, 6.45) is 9.89. The van der Waals surface area contributed by atoms with Crippen LogP contribution in [-0.2, 0) is 38.1 Å². The molecule has 1 aliphatic heterocycles. The molecule has 0 saturated carbocycles. The van der Waals surface area contributed by atoms with Gasteiger partial charge in [-0.15, -0.1) is 0 Å². The number of ether oxygens (including phenoxy) is 5. The van der Waals surface area contributed by atoms with E-state index in [0.717, 1.165) is 17.7 Å². The summed E-state index contributed by atoms with van der Waals surface area (Å²) in [5, 5.41) is 0. The molecule has 0 unspecified atom stereocenters.